The van der Waals surface area contributed by atoms with Gasteiger partial charge in [0, 0.05) is 37.8 Å². The predicted octanol–water partition coefficient (Wildman–Crippen LogP) is 4.68. The van der Waals surface area contributed by atoms with Crippen LogP contribution in [-0.2, 0) is 30.8 Å². The smallest absolute Gasteiger partial charge is 0.276 e. The number of anilines is 3. The standard InChI is InChI=1S/C42H51N13O5/c1-7-53-36-28(25(3)49-53)14-9-8-10-18-54-32(19-24(2)48-54)39(58)46-41-45-35-30(51(6)34(56)22-50(4)5)15-11-16-31(35)52(41)17-12-13-27-23-60-33-21-26(38(43)57)20-29-37(33)55(27)42(44-29)47-40(36)59/h11,15-16,19-21,27H,7-10,12-14,17-18,22-23H2,1-6H3,(H2,43,57)(H,44,47,59)(H,45,46,58)/t27-/m0/s1. The number of para-hydroxylation sites is 1. The number of amides is 4. The fraction of sp³-hybridized carbons (Fsp3) is 0.429. The molecular weight excluding hydrogens is 767 g/mol. The van der Waals surface area contributed by atoms with Crippen molar-refractivity contribution in [3.63, 3.8) is 0 Å². The average molecular weight is 818 g/mol. The molecular formula is C42H51N13O5. The highest BCUT2D eigenvalue weighted by molar-refractivity contribution is 6.07. The number of likely N-dealkylation sites (N-methyl/N-ethyl adjacent to an activating group) is 2. The third-order valence-corrected chi connectivity index (χ3v) is 11.3. The van der Waals surface area contributed by atoms with Gasteiger partial charge >= 0.3 is 0 Å². The molecule has 60 heavy (non-hydrogen) atoms. The van der Waals surface area contributed by atoms with Crippen LogP contribution in [0.4, 0.5) is 17.6 Å². The Labute approximate surface area is 346 Å². The van der Waals surface area contributed by atoms with Crippen molar-refractivity contribution < 1.29 is 23.9 Å². The normalized spacial score (nSPS) is 16.4. The van der Waals surface area contributed by atoms with Crippen LogP contribution in [-0.4, -0.2) is 101 Å². The van der Waals surface area contributed by atoms with Gasteiger partial charge in [-0.05, 0) is 97.3 Å². The van der Waals surface area contributed by atoms with E-state index in [0.29, 0.717) is 90.2 Å². The first kappa shape index (κ1) is 40.2. The number of carbonyl (C=O) groups excluding carboxylic acids is 4. The van der Waals surface area contributed by atoms with E-state index in [4.69, 9.17) is 25.5 Å². The molecule has 4 aromatic heterocycles. The molecule has 4 N–H and O–H groups in total. The lowest BCUT2D eigenvalue weighted by molar-refractivity contribution is -0.118. The number of fused-ring (bicyclic) bond motifs is 5. The Balaban J connectivity index is 1.22. The fourth-order valence-electron chi connectivity index (χ4n) is 8.45. The second-order valence-corrected chi connectivity index (χ2v) is 15.9. The summed E-state index contributed by atoms with van der Waals surface area (Å²) in [6, 6.07) is 10.4. The molecule has 2 aliphatic heterocycles. The molecule has 0 aliphatic carbocycles. The highest BCUT2D eigenvalue weighted by Crippen LogP contribution is 2.39. The van der Waals surface area contributed by atoms with Crippen LogP contribution in [0.1, 0.15) is 93.4 Å². The lowest BCUT2D eigenvalue weighted by Crippen LogP contribution is -2.35. The Morgan fingerprint density at radius 1 is 0.950 bits per heavy atom. The van der Waals surface area contributed by atoms with Crippen molar-refractivity contribution in [2.45, 2.75) is 85.0 Å². The van der Waals surface area contributed by atoms with Crippen molar-refractivity contribution in [3.8, 4) is 5.75 Å². The van der Waals surface area contributed by atoms with Crippen LogP contribution in [0.25, 0.3) is 22.1 Å². The van der Waals surface area contributed by atoms with Gasteiger partial charge in [-0.3, -0.25) is 39.2 Å². The van der Waals surface area contributed by atoms with E-state index in [1.165, 1.54) is 0 Å². The second-order valence-electron chi connectivity index (χ2n) is 15.9. The quantitative estimate of drug-likeness (QED) is 0.219. The first-order valence-corrected chi connectivity index (χ1v) is 20.4. The van der Waals surface area contributed by atoms with Crippen molar-refractivity contribution in [1.82, 2.24) is 43.6 Å². The first-order valence-electron chi connectivity index (χ1n) is 20.4. The topological polar surface area (TPSA) is 205 Å². The monoisotopic (exact) mass is 817 g/mol. The summed E-state index contributed by atoms with van der Waals surface area (Å²) in [6.07, 6.45) is 4.15. The average Bonchev–Trinajstić information content (AvgIpc) is 3.96. The zero-order valence-corrected chi connectivity index (χ0v) is 34.9. The molecule has 0 spiro atoms. The summed E-state index contributed by atoms with van der Waals surface area (Å²) in [6.45, 7) is 7.65. The molecule has 2 aromatic carbocycles. The molecule has 18 nitrogen and oxygen atoms in total. The minimum Gasteiger partial charge on any atom is -0.489 e. The Kier molecular flexibility index (Phi) is 10.9. The van der Waals surface area contributed by atoms with E-state index in [1.807, 2.05) is 67.1 Å². The number of hydrogen-bond acceptors (Lipinski definition) is 10. The Bertz CT molecular complexity index is 2670. The highest BCUT2D eigenvalue weighted by Gasteiger charge is 2.31. The van der Waals surface area contributed by atoms with Crippen LogP contribution < -0.4 is 26.0 Å². The van der Waals surface area contributed by atoms with Crippen LogP contribution in [0.15, 0.2) is 36.4 Å². The number of carbonyl (C=O) groups is 4. The molecule has 0 fully saturated rings. The number of benzene rings is 2. The maximum atomic E-state index is 14.4. The third-order valence-electron chi connectivity index (χ3n) is 11.3. The van der Waals surface area contributed by atoms with Crippen LogP contribution in [0.2, 0.25) is 0 Å². The Morgan fingerprint density at radius 2 is 1.75 bits per heavy atom. The maximum absolute atomic E-state index is 14.4. The third kappa shape index (κ3) is 7.46. The number of aromatic nitrogens is 8. The zero-order chi connectivity index (χ0) is 42.4. The minimum absolute atomic E-state index is 0.104. The second kappa shape index (κ2) is 16.2. The van der Waals surface area contributed by atoms with E-state index in [9.17, 15) is 19.2 Å². The number of hydrogen-bond donors (Lipinski definition) is 3. The van der Waals surface area contributed by atoms with E-state index in [0.717, 1.165) is 41.7 Å². The molecule has 0 bridgehead atoms. The summed E-state index contributed by atoms with van der Waals surface area (Å²) in [5.74, 6) is -0.270. The van der Waals surface area contributed by atoms with E-state index in [1.54, 1.807) is 39.5 Å². The Hall–Kier alpha value is -6.56. The largest absolute Gasteiger partial charge is 0.489 e. The van der Waals surface area contributed by atoms with Crippen LogP contribution >= 0.6 is 0 Å². The van der Waals surface area contributed by atoms with Crippen molar-refractivity contribution in [2.75, 3.05) is 49.8 Å². The summed E-state index contributed by atoms with van der Waals surface area (Å²) in [7, 11) is 5.41. The molecule has 6 aromatic rings. The predicted molar refractivity (Wildman–Crippen MR) is 227 cm³/mol. The SMILES string of the molecule is CCn1nc(C)c2c1C(=O)Nc1nc3cc(C(N)=O)cc4c3n1[C@@H](CCCn1c(nc3c(N(C)C(=O)CN(C)C)cccc31)NC(=O)c1cc(C)nn1CCCCC2)CO4. The molecule has 18 heteroatoms. The number of rotatable bonds is 5. The number of nitrogens with two attached hydrogens (primary N) is 1. The number of primary amides is 1. The number of nitrogens with zero attached hydrogens (tertiary/aromatic N) is 10. The lowest BCUT2D eigenvalue weighted by atomic mass is 10.0. The highest BCUT2D eigenvalue weighted by atomic mass is 16.5. The van der Waals surface area contributed by atoms with Gasteiger partial charge in [-0.2, -0.15) is 10.2 Å². The van der Waals surface area contributed by atoms with E-state index in [2.05, 4.69) is 15.7 Å². The van der Waals surface area contributed by atoms with Gasteiger partial charge in [0.05, 0.1) is 40.7 Å². The number of nitrogens with one attached hydrogen (secondary N) is 2. The number of aryl methyl sites for hydroxylation is 5. The molecule has 0 unspecified atom stereocenters. The zero-order valence-electron chi connectivity index (χ0n) is 34.9. The van der Waals surface area contributed by atoms with Crippen molar-refractivity contribution in [1.29, 1.82) is 0 Å². The van der Waals surface area contributed by atoms with Crippen LogP contribution in [0, 0.1) is 13.8 Å². The Morgan fingerprint density at radius 3 is 2.52 bits per heavy atom. The van der Waals surface area contributed by atoms with E-state index < -0.39 is 5.91 Å². The molecule has 314 valence electrons. The summed E-state index contributed by atoms with van der Waals surface area (Å²) in [4.78, 5) is 67.4. The van der Waals surface area contributed by atoms with Crippen LogP contribution in [0.3, 0.4) is 0 Å². The van der Waals surface area contributed by atoms with E-state index >= 15 is 0 Å². The molecule has 8 rings (SSSR count). The summed E-state index contributed by atoms with van der Waals surface area (Å²) >= 11 is 0. The summed E-state index contributed by atoms with van der Waals surface area (Å²) in [5.41, 5.74) is 12.3. The molecule has 6 heterocycles. The lowest BCUT2D eigenvalue weighted by Gasteiger charge is -2.27. The molecule has 0 radical (unpaired) electrons. The number of ether oxygens (including phenoxy) is 1. The fourth-order valence-corrected chi connectivity index (χ4v) is 8.45. The molecule has 0 saturated carbocycles. The molecule has 4 amide bonds. The maximum Gasteiger partial charge on any atom is 0.276 e. The van der Waals surface area contributed by atoms with Gasteiger partial charge < -0.3 is 29.4 Å². The summed E-state index contributed by atoms with van der Waals surface area (Å²) < 4.78 is 13.7. The molecule has 1 atom stereocenters. The van der Waals surface area contributed by atoms with Crippen LogP contribution in [0.5, 0.6) is 5.75 Å². The van der Waals surface area contributed by atoms with Crippen molar-refractivity contribution >= 4 is 63.3 Å². The van der Waals surface area contributed by atoms with Crippen molar-refractivity contribution in [3.05, 3.63) is 70.3 Å². The van der Waals surface area contributed by atoms with Gasteiger partial charge in [0.2, 0.25) is 23.7 Å². The summed E-state index contributed by atoms with van der Waals surface area (Å²) in [5, 5.41) is 15.6. The van der Waals surface area contributed by atoms with Gasteiger partial charge in [-0.25, -0.2) is 9.97 Å². The van der Waals surface area contributed by atoms with Gasteiger partial charge in [-0.15, -0.1) is 0 Å². The van der Waals surface area contributed by atoms with Gasteiger partial charge in [0.15, 0.2) is 0 Å². The van der Waals surface area contributed by atoms with Gasteiger partial charge in [0.1, 0.15) is 34.8 Å². The van der Waals surface area contributed by atoms with Gasteiger partial charge in [-0.1, -0.05) is 12.5 Å². The minimum atomic E-state index is -0.614. The van der Waals surface area contributed by atoms with Gasteiger partial charge in [0.25, 0.3) is 11.8 Å². The molecule has 0 saturated heterocycles. The number of imidazole rings is 2. The van der Waals surface area contributed by atoms with Crippen molar-refractivity contribution in [2.24, 2.45) is 5.73 Å². The molecule has 2 aliphatic rings. The van der Waals surface area contributed by atoms with E-state index in [-0.39, 0.29) is 42.5 Å². The first-order chi connectivity index (χ1) is 28.8.